The van der Waals surface area contributed by atoms with Crippen LogP contribution >= 0.6 is 0 Å². The molecule has 3 aromatic carbocycles. The third-order valence-electron chi connectivity index (χ3n) is 7.18. The van der Waals surface area contributed by atoms with Crippen molar-refractivity contribution < 1.29 is 14.4 Å². The van der Waals surface area contributed by atoms with Crippen LogP contribution in [0.25, 0.3) is 22.5 Å². The Hall–Kier alpha value is -3.70. The van der Waals surface area contributed by atoms with Crippen molar-refractivity contribution >= 4 is 5.97 Å². The summed E-state index contributed by atoms with van der Waals surface area (Å²) in [7, 11) is 0. The Bertz CT molecular complexity index is 1300. The minimum atomic E-state index is -0.725. The molecule has 5 heteroatoms. The molecule has 1 aliphatic carbocycles. The van der Waals surface area contributed by atoms with Gasteiger partial charge in [0.2, 0.25) is 0 Å². The molecule has 5 nitrogen and oxygen atoms in total. The van der Waals surface area contributed by atoms with Gasteiger partial charge in [-0.25, -0.2) is 0 Å². The standard InChI is InChI=1S/C30H30N2O3/c1-20(22-6-4-3-5-7-22)18-31-19-27-21(2)32-35-28(27)25-10-8-23(9-11-25)24-12-14-26(15-13-24)30(16-17-30)29(33)34/h3-15,20,31H,16-19H2,1-2H3,(H,33,34)/t20-/m0/s1. The molecular formula is C30H30N2O3. The number of carboxylic acids is 1. The Balaban J connectivity index is 1.27. The van der Waals surface area contributed by atoms with Gasteiger partial charge in [0.25, 0.3) is 0 Å². The molecule has 0 unspecified atom stereocenters. The van der Waals surface area contributed by atoms with E-state index in [-0.39, 0.29) is 0 Å². The summed E-state index contributed by atoms with van der Waals surface area (Å²) in [4.78, 5) is 11.6. The minimum absolute atomic E-state index is 0.413. The highest BCUT2D eigenvalue weighted by Gasteiger charge is 2.51. The normalized spacial score (nSPS) is 15.0. The van der Waals surface area contributed by atoms with Crippen LogP contribution in [-0.4, -0.2) is 22.8 Å². The molecule has 4 aromatic rings. The monoisotopic (exact) mass is 466 g/mol. The first-order chi connectivity index (χ1) is 17.0. The minimum Gasteiger partial charge on any atom is -0.481 e. The zero-order chi connectivity index (χ0) is 24.4. The highest BCUT2D eigenvalue weighted by atomic mass is 16.5. The van der Waals surface area contributed by atoms with Gasteiger partial charge in [0, 0.05) is 24.2 Å². The van der Waals surface area contributed by atoms with E-state index in [1.807, 2.05) is 37.3 Å². The van der Waals surface area contributed by atoms with E-state index >= 15 is 0 Å². The summed E-state index contributed by atoms with van der Waals surface area (Å²) in [6, 6.07) is 26.7. The summed E-state index contributed by atoms with van der Waals surface area (Å²) in [5.74, 6) is 0.481. The van der Waals surface area contributed by atoms with Gasteiger partial charge in [-0.1, -0.05) is 90.9 Å². The Morgan fingerprint density at radius 2 is 1.57 bits per heavy atom. The van der Waals surface area contributed by atoms with Crippen LogP contribution in [0.1, 0.15) is 48.1 Å². The molecule has 0 aliphatic heterocycles. The number of benzene rings is 3. The van der Waals surface area contributed by atoms with E-state index < -0.39 is 11.4 Å². The average Bonchev–Trinajstić information content (AvgIpc) is 3.63. The topological polar surface area (TPSA) is 75.4 Å². The molecule has 0 bridgehead atoms. The lowest BCUT2D eigenvalue weighted by Gasteiger charge is -2.13. The van der Waals surface area contributed by atoms with Gasteiger partial charge < -0.3 is 14.9 Å². The molecule has 1 heterocycles. The number of nitrogens with one attached hydrogen (secondary N) is 1. The van der Waals surface area contributed by atoms with Gasteiger partial charge in [0.05, 0.1) is 11.1 Å². The lowest BCUT2D eigenvalue weighted by molar-refractivity contribution is -0.140. The molecule has 2 N–H and O–H groups in total. The molecule has 0 amide bonds. The van der Waals surface area contributed by atoms with E-state index in [9.17, 15) is 9.90 Å². The molecule has 5 rings (SSSR count). The summed E-state index contributed by atoms with van der Waals surface area (Å²) in [6.07, 6.45) is 1.44. The third-order valence-corrected chi connectivity index (χ3v) is 7.18. The van der Waals surface area contributed by atoms with Crippen molar-refractivity contribution in [3.63, 3.8) is 0 Å². The van der Waals surface area contributed by atoms with Crippen LogP contribution in [0.2, 0.25) is 0 Å². The van der Waals surface area contributed by atoms with E-state index in [1.165, 1.54) is 5.56 Å². The summed E-state index contributed by atoms with van der Waals surface area (Å²) in [5.41, 5.74) is 6.64. The first-order valence-electron chi connectivity index (χ1n) is 12.1. The van der Waals surface area contributed by atoms with Gasteiger partial charge in [-0.05, 0) is 47.9 Å². The fraction of sp³-hybridized carbons (Fsp3) is 0.267. The lowest BCUT2D eigenvalue weighted by Crippen LogP contribution is -2.20. The third kappa shape index (κ3) is 4.64. The second-order valence-corrected chi connectivity index (χ2v) is 9.56. The van der Waals surface area contributed by atoms with Crippen LogP contribution in [0.15, 0.2) is 83.4 Å². The fourth-order valence-corrected chi connectivity index (χ4v) is 4.68. The number of carboxylic acid groups (broad SMARTS) is 1. The smallest absolute Gasteiger partial charge is 0.314 e. The lowest BCUT2D eigenvalue weighted by atomic mass is 9.93. The van der Waals surface area contributed by atoms with Crippen molar-refractivity contribution in [1.29, 1.82) is 0 Å². The number of rotatable bonds is 9. The number of nitrogens with zero attached hydrogens (tertiary/aromatic N) is 1. The summed E-state index contributed by atoms with van der Waals surface area (Å²) < 4.78 is 5.71. The maximum atomic E-state index is 11.6. The van der Waals surface area contributed by atoms with Crippen molar-refractivity contribution in [2.45, 2.75) is 44.6 Å². The van der Waals surface area contributed by atoms with Gasteiger partial charge in [0.1, 0.15) is 0 Å². The average molecular weight is 467 g/mol. The number of aliphatic carboxylic acids is 1. The van der Waals surface area contributed by atoms with Crippen LogP contribution in [0, 0.1) is 6.92 Å². The molecular weight excluding hydrogens is 436 g/mol. The predicted molar refractivity (Wildman–Crippen MR) is 137 cm³/mol. The first kappa shape index (κ1) is 23.1. The fourth-order valence-electron chi connectivity index (χ4n) is 4.68. The van der Waals surface area contributed by atoms with E-state index in [2.05, 4.69) is 65.9 Å². The number of hydrogen-bond acceptors (Lipinski definition) is 4. The molecule has 178 valence electrons. The summed E-state index contributed by atoms with van der Waals surface area (Å²) in [6.45, 7) is 5.76. The Morgan fingerprint density at radius 3 is 2.17 bits per heavy atom. The highest BCUT2D eigenvalue weighted by molar-refractivity contribution is 5.85. The van der Waals surface area contributed by atoms with Gasteiger partial charge >= 0.3 is 5.97 Å². The van der Waals surface area contributed by atoms with Crippen molar-refractivity contribution in [1.82, 2.24) is 10.5 Å². The quantitative estimate of drug-likeness (QED) is 0.302. The van der Waals surface area contributed by atoms with Crippen LogP contribution in [0.5, 0.6) is 0 Å². The molecule has 35 heavy (non-hydrogen) atoms. The summed E-state index contributed by atoms with van der Waals surface area (Å²) in [5, 5.41) is 17.3. The largest absolute Gasteiger partial charge is 0.481 e. The Morgan fingerprint density at radius 1 is 0.971 bits per heavy atom. The molecule has 1 aromatic heterocycles. The second-order valence-electron chi connectivity index (χ2n) is 9.56. The number of carbonyl (C=O) groups is 1. The number of hydrogen-bond donors (Lipinski definition) is 2. The van der Waals surface area contributed by atoms with Crippen molar-refractivity contribution in [3.8, 4) is 22.5 Å². The number of aromatic nitrogens is 1. The zero-order valence-electron chi connectivity index (χ0n) is 20.1. The van der Waals surface area contributed by atoms with Crippen LogP contribution in [-0.2, 0) is 16.8 Å². The molecule has 1 atom stereocenters. The number of aryl methyl sites for hydroxylation is 1. The van der Waals surface area contributed by atoms with E-state index in [0.717, 1.165) is 58.7 Å². The van der Waals surface area contributed by atoms with Crippen LogP contribution in [0.4, 0.5) is 0 Å². The predicted octanol–water partition coefficient (Wildman–Crippen LogP) is 6.33. The molecule has 1 fully saturated rings. The Kier molecular flexibility index (Phi) is 6.27. The van der Waals surface area contributed by atoms with E-state index in [1.54, 1.807) is 0 Å². The molecule has 1 saturated carbocycles. The van der Waals surface area contributed by atoms with Crippen molar-refractivity contribution in [3.05, 3.63) is 101 Å². The second kappa shape index (κ2) is 9.51. The Labute approximate surface area is 205 Å². The highest BCUT2D eigenvalue weighted by Crippen LogP contribution is 2.48. The SMILES string of the molecule is Cc1noc(-c2ccc(-c3ccc(C4(C(=O)O)CC4)cc3)cc2)c1CNC[C@H](C)c1ccccc1. The van der Waals surface area contributed by atoms with Crippen molar-refractivity contribution in [2.75, 3.05) is 6.54 Å². The van der Waals surface area contributed by atoms with Gasteiger partial charge in [-0.15, -0.1) is 0 Å². The first-order valence-corrected chi connectivity index (χ1v) is 12.1. The molecule has 1 aliphatic rings. The van der Waals surface area contributed by atoms with Crippen LogP contribution in [0.3, 0.4) is 0 Å². The van der Waals surface area contributed by atoms with E-state index in [4.69, 9.17) is 4.52 Å². The van der Waals surface area contributed by atoms with Gasteiger partial charge in [-0.3, -0.25) is 4.79 Å². The van der Waals surface area contributed by atoms with Gasteiger partial charge in [0.15, 0.2) is 5.76 Å². The van der Waals surface area contributed by atoms with Gasteiger partial charge in [-0.2, -0.15) is 0 Å². The maximum absolute atomic E-state index is 11.6. The van der Waals surface area contributed by atoms with Crippen molar-refractivity contribution in [2.24, 2.45) is 0 Å². The zero-order valence-corrected chi connectivity index (χ0v) is 20.1. The molecule has 0 spiro atoms. The molecule has 0 saturated heterocycles. The van der Waals surface area contributed by atoms with E-state index in [0.29, 0.717) is 12.5 Å². The van der Waals surface area contributed by atoms with Crippen LogP contribution < -0.4 is 5.32 Å². The maximum Gasteiger partial charge on any atom is 0.314 e. The molecule has 0 radical (unpaired) electrons. The summed E-state index contributed by atoms with van der Waals surface area (Å²) >= 11 is 0.